The summed E-state index contributed by atoms with van der Waals surface area (Å²) in [5.41, 5.74) is 5.56. The molecule has 10 heteroatoms. The normalized spacial score (nSPS) is 19.9. The summed E-state index contributed by atoms with van der Waals surface area (Å²) in [4.78, 5) is 42.7. The quantitative estimate of drug-likeness (QED) is 0.226. The van der Waals surface area contributed by atoms with Crippen molar-refractivity contribution in [3.8, 4) is 5.75 Å². The minimum absolute atomic E-state index is 0.393. The number of para-hydroxylation sites is 1. The van der Waals surface area contributed by atoms with Gasteiger partial charge in [0.2, 0.25) is 0 Å². The van der Waals surface area contributed by atoms with Gasteiger partial charge in [-0.1, -0.05) is 36.4 Å². The largest absolute Gasteiger partial charge is 0.482 e. The number of aliphatic imine (C=N–C) groups is 2. The topological polar surface area (TPSA) is 129 Å². The molecule has 8 heterocycles. The number of carbonyl (C=O) groups is 1. The Labute approximate surface area is 304 Å². The lowest BCUT2D eigenvalue weighted by molar-refractivity contribution is -0.139. The van der Waals surface area contributed by atoms with E-state index in [1.54, 1.807) is 24.7 Å². The first-order valence-electron chi connectivity index (χ1n) is 17.1. The second-order valence-corrected chi connectivity index (χ2v) is 12.8. The number of benzene rings is 1. The van der Waals surface area contributed by atoms with Crippen molar-refractivity contribution in [2.75, 3.05) is 11.5 Å². The van der Waals surface area contributed by atoms with Gasteiger partial charge in [-0.25, -0.2) is 19.8 Å². The fourth-order valence-corrected chi connectivity index (χ4v) is 7.44. The number of pyridine rings is 3. The fourth-order valence-electron chi connectivity index (χ4n) is 7.44. The van der Waals surface area contributed by atoms with Gasteiger partial charge >= 0.3 is 5.97 Å². The Kier molecular flexibility index (Phi) is 7.89. The van der Waals surface area contributed by atoms with E-state index < -0.39 is 24.0 Å². The molecule has 0 fully saturated rings. The molecule has 0 saturated carbocycles. The molecule has 0 radical (unpaired) electrons. The first kappa shape index (κ1) is 31.8. The van der Waals surface area contributed by atoms with Gasteiger partial charge in [0, 0.05) is 40.4 Å². The third kappa shape index (κ3) is 5.81. The zero-order valence-electron chi connectivity index (χ0n) is 28.2. The first-order chi connectivity index (χ1) is 26.0. The van der Waals surface area contributed by atoms with Crippen LogP contribution in [-0.2, 0) is 10.3 Å². The number of carboxylic acids is 1. The number of fused-ring (bicyclic) bond motifs is 6. The number of carboxylic acid groups (broad SMARTS) is 1. The molecule has 4 aromatic heterocycles. The highest BCUT2D eigenvalue weighted by atomic mass is 16.5. The molecule has 1 aromatic carbocycles. The van der Waals surface area contributed by atoms with Gasteiger partial charge in [-0.15, -0.1) is 0 Å². The number of anilines is 1. The third-order valence-corrected chi connectivity index (χ3v) is 9.44. The fraction of sp³-hybridized carbons (Fsp3) is 0.0698. The predicted octanol–water partition coefficient (Wildman–Crippen LogP) is 5.64. The Balaban J connectivity index is 1.47. The van der Waals surface area contributed by atoms with E-state index in [4.69, 9.17) is 29.7 Å². The summed E-state index contributed by atoms with van der Waals surface area (Å²) in [6.07, 6.45) is 21.5. The van der Waals surface area contributed by atoms with E-state index in [0.29, 0.717) is 22.8 Å². The first-order valence-corrected chi connectivity index (χ1v) is 17.1. The number of aromatic nitrogens is 4. The van der Waals surface area contributed by atoms with Crippen LogP contribution in [0.3, 0.4) is 0 Å². The van der Waals surface area contributed by atoms with Crippen LogP contribution in [0.15, 0.2) is 173 Å². The average molecular weight is 694 g/mol. The van der Waals surface area contributed by atoms with Crippen molar-refractivity contribution >= 4 is 40.9 Å². The van der Waals surface area contributed by atoms with Crippen LogP contribution < -0.4 is 20.3 Å². The SMILES string of the molecule is O=C(O)COc1ccccc1C12C=C3C=CC(=N3)C=c3ccc([nH]3)=CC3=NC(=CC(=C(c4ccccn4)C1c1ccccn1)N2c1ccccn1)C=C3. The van der Waals surface area contributed by atoms with Gasteiger partial charge in [-0.2, -0.15) is 0 Å². The third-order valence-electron chi connectivity index (χ3n) is 9.44. The summed E-state index contributed by atoms with van der Waals surface area (Å²) in [5, 5.41) is 11.6. The lowest BCUT2D eigenvalue weighted by Gasteiger charge is -2.43. The van der Waals surface area contributed by atoms with Gasteiger partial charge in [-0.3, -0.25) is 9.97 Å². The second-order valence-electron chi connectivity index (χ2n) is 12.8. The van der Waals surface area contributed by atoms with E-state index in [0.717, 1.165) is 50.5 Å². The van der Waals surface area contributed by atoms with Crippen LogP contribution in [0.4, 0.5) is 5.82 Å². The number of aromatic amines is 1. The molecule has 0 spiro atoms. The Morgan fingerprint density at radius 3 is 2.11 bits per heavy atom. The Bertz CT molecular complexity index is 2600. The van der Waals surface area contributed by atoms with E-state index in [9.17, 15) is 9.90 Å². The summed E-state index contributed by atoms with van der Waals surface area (Å²) in [7, 11) is 0. The number of nitrogens with one attached hydrogen (secondary N) is 1. The smallest absolute Gasteiger partial charge is 0.341 e. The van der Waals surface area contributed by atoms with E-state index in [1.807, 2.05) is 121 Å². The lowest BCUT2D eigenvalue weighted by atomic mass is 9.72. The van der Waals surface area contributed by atoms with Crippen molar-refractivity contribution in [3.63, 3.8) is 0 Å². The van der Waals surface area contributed by atoms with Gasteiger partial charge in [0.1, 0.15) is 17.1 Å². The van der Waals surface area contributed by atoms with E-state index >= 15 is 0 Å². The van der Waals surface area contributed by atoms with Crippen molar-refractivity contribution in [2.45, 2.75) is 11.5 Å². The van der Waals surface area contributed by atoms with Gasteiger partial charge in [0.05, 0.1) is 45.8 Å². The second kappa shape index (κ2) is 13.2. The number of aliphatic carboxylic acids is 1. The maximum Gasteiger partial charge on any atom is 0.341 e. The molecule has 2 unspecified atom stereocenters. The van der Waals surface area contributed by atoms with Gasteiger partial charge in [0.25, 0.3) is 0 Å². The molecular weight excluding hydrogens is 663 g/mol. The zero-order valence-corrected chi connectivity index (χ0v) is 28.2. The molecule has 2 N–H and O–H groups in total. The molecule has 0 amide bonds. The molecule has 2 atom stereocenters. The maximum absolute atomic E-state index is 12.0. The van der Waals surface area contributed by atoms with Gasteiger partial charge < -0.3 is 19.7 Å². The molecule has 4 aliphatic rings. The standard InChI is InChI=1S/C43H31N7O3/c51-40(52)27-53-38-12-2-1-9-34(38)43-26-33-19-18-31(49-33)24-29-15-14-28(47-29)23-30-16-17-32(48-30)25-37(50(43)39-13-5-8-22-46-39)41(35-10-3-6-20-44-35)42(43)36-11-4-7-21-45-36/h1-26,42,47H,27H2,(H,51,52). The molecule has 10 nitrogen and oxygen atoms in total. The molecule has 9 rings (SSSR count). The highest BCUT2D eigenvalue weighted by Gasteiger charge is 2.57. The van der Waals surface area contributed by atoms with E-state index in [1.165, 1.54) is 0 Å². The molecular formula is C43H31N7O3. The van der Waals surface area contributed by atoms with Crippen LogP contribution in [0.25, 0.3) is 17.7 Å². The molecule has 0 saturated heterocycles. The van der Waals surface area contributed by atoms with Crippen molar-refractivity contribution in [1.29, 1.82) is 0 Å². The van der Waals surface area contributed by atoms with Gasteiger partial charge in [0.15, 0.2) is 6.61 Å². The molecule has 256 valence electrons. The lowest BCUT2D eigenvalue weighted by Crippen LogP contribution is -2.45. The highest BCUT2D eigenvalue weighted by molar-refractivity contribution is 6.20. The highest BCUT2D eigenvalue weighted by Crippen LogP contribution is 2.61. The number of rotatable bonds is 7. The summed E-state index contributed by atoms with van der Waals surface area (Å²) < 4.78 is 6.14. The van der Waals surface area contributed by atoms with Crippen molar-refractivity contribution in [3.05, 3.63) is 191 Å². The Morgan fingerprint density at radius 1 is 0.736 bits per heavy atom. The molecule has 4 aliphatic heterocycles. The number of ether oxygens (including phenoxy) is 1. The van der Waals surface area contributed by atoms with Crippen LogP contribution in [0.1, 0.15) is 22.9 Å². The van der Waals surface area contributed by atoms with Crippen LogP contribution in [0.5, 0.6) is 5.75 Å². The molecule has 0 aliphatic carbocycles. The van der Waals surface area contributed by atoms with Crippen molar-refractivity contribution in [2.24, 2.45) is 9.98 Å². The number of H-pyrrole nitrogens is 1. The number of nitrogens with zero attached hydrogens (tertiary/aromatic N) is 6. The van der Waals surface area contributed by atoms with E-state index in [-0.39, 0.29) is 0 Å². The molecule has 8 bridgehead atoms. The number of hydrogen-bond acceptors (Lipinski definition) is 8. The van der Waals surface area contributed by atoms with Crippen molar-refractivity contribution in [1.82, 2.24) is 19.9 Å². The minimum atomic E-state index is -1.21. The summed E-state index contributed by atoms with van der Waals surface area (Å²) in [5.74, 6) is -0.627. The Hall–Kier alpha value is -7.20. The van der Waals surface area contributed by atoms with Gasteiger partial charge in [-0.05, 0) is 103 Å². The van der Waals surface area contributed by atoms with Crippen LogP contribution in [0, 0.1) is 0 Å². The summed E-state index contributed by atoms with van der Waals surface area (Å²) >= 11 is 0. The van der Waals surface area contributed by atoms with E-state index in [2.05, 4.69) is 22.0 Å². The maximum atomic E-state index is 12.0. The molecule has 5 aromatic rings. The summed E-state index contributed by atoms with van der Waals surface area (Å²) in [6, 6.07) is 29.1. The van der Waals surface area contributed by atoms with Crippen LogP contribution >= 0.6 is 0 Å². The van der Waals surface area contributed by atoms with Crippen LogP contribution in [0.2, 0.25) is 0 Å². The zero-order chi connectivity index (χ0) is 35.8. The summed E-state index contributed by atoms with van der Waals surface area (Å²) in [6.45, 7) is -0.535. The minimum Gasteiger partial charge on any atom is -0.482 e. The monoisotopic (exact) mass is 693 g/mol. The predicted molar refractivity (Wildman–Crippen MR) is 204 cm³/mol. The molecule has 53 heavy (non-hydrogen) atoms. The number of hydrogen-bond donors (Lipinski definition) is 2. The van der Waals surface area contributed by atoms with Crippen LogP contribution in [-0.4, -0.2) is 49.0 Å². The van der Waals surface area contributed by atoms with Crippen molar-refractivity contribution < 1.29 is 14.6 Å². The number of allylic oxidation sites excluding steroid dienone is 5. The average Bonchev–Trinajstić information content (AvgIpc) is 3.99. The Morgan fingerprint density at radius 2 is 1.42 bits per heavy atom.